The van der Waals surface area contributed by atoms with Gasteiger partial charge in [-0.15, -0.1) is 0 Å². The van der Waals surface area contributed by atoms with Crippen LogP contribution in [-0.2, 0) is 18.0 Å². The molecule has 7 nitrogen and oxygen atoms in total. The van der Waals surface area contributed by atoms with Crippen molar-refractivity contribution in [1.29, 1.82) is 0 Å². The summed E-state index contributed by atoms with van der Waals surface area (Å²) >= 11 is 6.75. The number of hydrogen-bond acceptors (Lipinski definition) is 6. The van der Waals surface area contributed by atoms with Gasteiger partial charge in [0.05, 0.1) is 7.14 Å². The van der Waals surface area contributed by atoms with Gasteiger partial charge in [-0.25, -0.2) is 4.79 Å². The molecule has 0 fully saturated rings. The minimum Gasteiger partial charge on any atom is -0.488 e. The zero-order valence-corrected chi connectivity index (χ0v) is 24.4. The molecule has 0 spiro atoms. The number of halogens is 3. The summed E-state index contributed by atoms with van der Waals surface area (Å²) in [5.41, 5.74) is 0. The van der Waals surface area contributed by atoms with E-state index >= 15 is 0 Å². The Hall–Kier alpha value is 0.577. The van der Waals surface area contributed by atoms with E-state index in [9.17, 15) is 4.79 Å². The van der Waals surface area contributed by atoms with Gasteiger partial charge in [-0.3, -0.25) is 0 Å². The molecule has 0 aliphatic rings. The van der Waals surface area contributed by atoms with Gasteiger partial charge in [-0.1, -0.05) is 0 Å². The van der Waals surface area contributed by atoms with E-state index in [2.05, 4.69) is 73.1 Å². The van der Waals surface area contributed by atoms with E-state index in [4.69, 9.17) is 22.8 Å². The topological polar surface area (TPSA) is 75.3 Å². The fourth-order valence-electron chi connectivity index (χ4n) is 2.49. The first-order chi connectivity index (χ1) is 13.9. The summed E-state index contributed by atoms with van der Waals surface area (Å²) in [7, 11) is -2.67. The van der Waals surface area contributed by atoms with Crippen LogP contribution in [0.1, 0.15) is 27.2 Å². The van der Waals surface area contributed by atoms with E-state index in [-0.39, 0.29) is 6.61 Å². The van der Waals surface area contributed by atoms with E-state index < -0.39 is 14.9 Å². The molecule has 0 bridgehead atoms. The van der Waals surface area contributed by atoms with E-state index in [1.165, 1.54) is 0 Å². The number of ether oxygens (including phenoxy) is 2. The third-order valence-electron chi connectivity index (χ3n) is 3.55. The molecule has 1 amide bonds. The maximum absolute atomic E-state index is 11.9. The van der Waals surface area contributed by atoms with Crippen LogP contribution in [0.4, 0.5) is 4.79 Å². The second-order valence-electron chi connectivity index (χ2n) is 5.70. The summed E-state index contributed by atoms with van der Waals surface area (Å²) < 4.78 is 31.6. The van der Waals surface area contributed by atoms with Gasteiger partial charge in [0.25, 0.3) is 0 Å². The van der Waals surface area contributed by atoms with Crippen LogP contribution in [0.3, 0.4) is 0 Å². The Kier molecular flexibility index (Phi) is 14.7. The summed E-state index contributed by atoms with van der Waals surface area (Å²) in [5.74, 6) is 0.819. The van der Waals surface area contributed by atoms with Gasteiger partial charge in [0.2, 0.25) is 0 Å². The minimum absolute atomic E-state index is 0.180. The molecule has 29 heavy (non-hydrogen) atoms. The molecular weight excluding hydrogens is 735 g/mol. The van der Waals surface area contributed by atoms with Crippen molar-refractivity contribution in [2.24, 2.45) is 0 Å². The Morgan fingerprint density at radius 1 is 0.966 bits per heavy atom. The summed E-state index contributed by atoms with van der Waals surface area (Å²) in [6.45, 7) is 8.35. The first-order valence-corrected chi connectivity index (χ1v) is 14.6. The molecule has 166 valence electrons. The van der Waals surface area contributed by atoms with Gasteiger partial charge in [0, 0.05) is 36.0 Å². The average Bonchev–Trinajstić information content (AvgIpc) is 2.64. The van der Waals surface area contributed by atoms with Crippen LogP contribution in [0, 0.1) is 10.7 Å². The lowest BCUT2D eigenvalue weighted by Gasteiger charge is -2.28. The predicted molar refractivity (Wildman–Crippen MR) is 139 cm³/mol. The number of rotatable bonds is 14. The summed E-state index contributed by atoms with van der Waals surface area (Å²) in [5, 5.41) is 2.75. The molecule has 11 heteroatoms. The number of benzene rings is 1. The van der Waals surface area contributed by atoms with Gasteiger partial charge in [-0.2, -0.15) is 0 Å². The average molecular weight is 763 g/mol. The quantitative estimate of drug-likeness (QED) is 0.163. The number of alkyl carbamates (subject to hydrolysis) is 1. The minimum atomic E-state index is -2.67. The standard InChI is InChI=1S/C18H28I3NO6Si/c1-4-26-29(27-5-2,28-6-3)11-7-8-22-18(23)25-10-9-24-17-15(20)12-14(19)13-16(17)21/h12-13H,4-11H2,1-3H3,(H,22,23). The van der Waals surface area contributed by atoms with Crippen LogP contribution in [0.25, 0.3) is 0 Å². The van der Waals surface area contributed by atoms with Crippen molar-refractivity contribution in [1.82, 2.24) is 5.32 Å². The maximum atomic E-state index is 11.9. The van der Waals surface area contributed by atoms with Crippen molar-refractivity contribution < 1.29 is 27.5 Å². The zero-order valence-electron chi connectivity index (χ0n) is 16.9. The Morgan fingerprint density at radius 2 is 1.52 bits per heavy atom. The molecule has 0 saturated carbocycles. The number of amides is 1. The molecule has 0 aromatic heterocycles. The van der Waals surface area contributed by atoms with Crippen LogP contribution in [-0.4, -0.2) is 54.5 Å². The smallest absolute Gasteiger partial charge is 0.488 e. The maximum Gasteiger partial charge on any atom is 0.500 e. The SMILES string of the molecule is CCO[Si](CCCNC(=O)OCCOc1c(I)cc(I)cc1I)(OCC)OCC. The summed E-state index contributed by atoms with van der Waals surface area (Å²) in [6, 6.07) is 4.74. The Labute approximate surface area is 215 Å². The highest BCUT2D eigenvalue weighted by atomic mass is 127. The van der Waals surface area contributed by atoms with Crippen LogP contribution in [0.15, 0.2) is 12.1 Å². The van der Waals surface area contributed by atoms with Crippen molar-refractivity contribution in [3.8, 4) is 5.75 Å². The predicted octanol–water partition coefficient (Wildman–Crippen LogP) is 5.04. The van der Waals surface area contributed by atoms with Crippen LogP contribution in [0.5, 0.6) is 5.75 Å². The van der Waals surface area contributed by atoms with Crippen molar-refractivity contribution in [3.63, 3.8) is 0 Å². The lowest BCUT2D eigenvalue weighted by Crippen LogP contribution is -2.46. The molecule has 0 saturated heterocycles. The molecule has 0 atom stereocenters. The number of nitrogens with one attached hydrogen (secondary N) is 1. The number of carbonyl (C=O) groups is 1. The second kappa shape index (κ2) is 15.4. The molecule has 1 N–H and O–H groups in total. The molecule has 0 heterocycles. The molecule has 0 radical (unpaired) electrons. The van der Waals surface area contributed by atoms with Crippen molar-refractivity contribution in [3.05, 3.63) is 22.8 Å². The Bertz CT molecular complexity index is 598. The van der Waals surface area contributed by atoms with E-state index in [1.54, 1.807) is 0 Å². The van der Waals surface area contributed by atoms with Gasteiger partial charge < -0.3 is 28.1 Å². The molecular formula is C18H28I3NO6Si. The lowest BCUT2D eigenvalue weighted by atomic mass is 10.3. The molecule has 0 aliphatic carbocycles. The second-order valence-corrected chi connectivity index (χ2v) is 12.0. The van der Waals surface area contributed by atoms with Crippen molar-refractivity contribution >= 4 is 82.7 Å². The van der Waals surface area contributed by atoms with E-state index in [0.29, 0.717) is 45.4 Å². The largest absolute Gasteiger partial charge is 0.500 e. The van der Waals surface area contributed by atoms with Crippen LogP contribution in [0.2, 0.25) is 6.04 Å². The molecule has 0 aliphatic heterocycles. The first-order valence-electron chi connectivity index (χ1n) is 9.47. The van der Waals surface area contributed by atoms with Crippen LogP contribution < -0.4 is 10.1 Å². The first kappa shape index (κ1) is 27.6. The Balaban J connectivity index is 2.30. The molecule has 1 aromatic rings. The highest BCUT2D eigenvalue weighted by Crippen LogP contribution is 2.29. The number of hydrogen-bond donors (Lipinski definition) is 1. The fourth-order valence-corrected chi connectivity index (χ4v) is 9.00. The fraction of sp³-hybridized carbons (Fsp3) is 0.611. The van der Waals surface area contributed by atoms with Crippen molar-refractivity contribution in [2.75, 3.05) is 39.6 Å². The highest BCUT2D eigenvalue weighted by Gasteiger charge is 2.39. The van der Waals surface area contributed by atoms with Crippen molar-refractivity contribution in [2.45, 2.75) is 33.2 Å². The normalized spacial score (nSPS) is 11.4. The Morgan fingerprint density at radius 3 is 2.03 bits per heavy atom. The summed E-state index contributed by atoms with van der Waals surface area (Å²) in [4.78, 5) is 11.9. The third kappa shape index (κ3) is 10.6. The van der Waals surface area contributed by atoms with Gasteiger partial charge in [0.1, 0.15) is 19.0 Å². The molecule has 0 unspecified atom stereocenters. The van der Waals surface area contributed by atoms with E-state index in [0.717, 1.165) is 16.5 Å². The van der Waals surface area contributed by atoms with Crippen LogP contribution >= 0.6 is 67.8 Å². The van der Waals surface area contributed by atoms with Gasteiger partial charge in [0.15, 0.2) is 0 Å². The molecule has 1 aromatic carbocycles. The number of carbonyl (C=O) groups excluding carboxylic acids is 1. The van der Waals surface area contributed by atoms with E-state index in [1.807, 2.05) is 32.9 Å². The highest BCUT2D eigenvalue weighted by molar-refractivity contribution is 14.1. The van der Waals surface area contributed by atoms with Gasteiger partial charge in [-0.05, 0) is 107 Å². The summed E-state index contributed by atoms with van der Waals surface area (Å²) in [6.07, 6.45) is 0.230. The molecule has 1 rings (SSSR count). The third-order valence-corrected chi connectivity index (χ3v) is 8.92. The monoisotopic (exact) mass is 763 g/mol. The van der Waals surface area contributed by atoms with Gasteiger partial charge >= 0.3 is 14.9 Å². The lowest BCUT2D eigenvalue weighted by molar-refractivity contribution is 0.0706. The zero-order chi connectivity index (χ0) is 21.7.